The zero-order valence-electron chi connectivity index (χ0n) is 28.6. The predicted octanol–water partition coefficient (Wildman–Crippen LogP) is 7.60. The van der Waals surface area contributed by atoms with Gasteiger partial charge in [0.1, 0.15) is 4.83 Å². The topological polar surface area (TPSA) is 60.6 Å². The van der Waals surface area contributed by atoms with E-state index in [1.807, 2.05) is 7.11 Å². The van der Waals surface area contributed by atoms with Gasteiger partial charge in [-0.15, -0.1) is 11.3 Å². The van der Waals surface area contributed by atoms with Crippen LogP contribution in [0.1, 0.15) is 94.7 Å². The van der Waals surface area contributed by atoms with Crippen LogP contribution in [0, 0.1) is 13.8 Å². The van der Waals surface area contributed by atoms with E-state index in [1.54, 1.807) is 11.3 Å². The average molecular weight is 621 g/mol. The molecule has 7 heteroatoms. The Kier molecular flexibility index (Phi) is 10.3. The average Bonchev–Trinajstić information content (AvgIpc) is 3.77. The summed E-state index contributed by atoms with van der Waals surface area (Å²) in [4.78, 5) is 24.9. The summed E-state index contributed by atoms with van der Waals surface area (Å²) in [6.07, 6.45) is 7.87. The molecule has 44 heavy (non-hydrogen) atoms. The van der Waals surface area contributed by atoms with Gasteiger partial charge in [-0.3, -0.25) is 4.79 Å². The highest BCUT2D eigenvalue weighted by Gasteiger charge is 2.47. The quantitative estimate of drug-likeness (QED) is 0.259. The Morgan fingerprint density at radius 3 is 2.14 bits per heavy atom. The molecule has 3 aliphatic rings. The monoisotopic (exact) mass is 620 g/mol. The van der Waals surface area contributed by atoms with E-state index in [0.29, 0.717) is 18.0 Å². The summed E-state index contributed by atoms with van der Waals surface area (Å²) in [5.74, 6) is 0.321. The van der Waals surface area contributed by atoms with E-state index in [2.05, 4.69) is 92.8 Å². The Labute approximate surface area is 269 Å². The smallest absolute Gasteiger partial charge is 0.233 e. The number of aryl methyl sites for hydroxylation is 2. The zero-order chi connectivity index (χ0) is 31.6. The zero-order valence-corrected chi connectivity index (χ0v) is 29.4. The number of rotatable bonds is 9. The summed E-state index contributed by atoms with van der Waals surface area (Å²) in [7, 11) is 1.84. The van der Waals surface area contributed by atoms with Crippen LogP contribution in [0.5, 0.6) is 0 Å². The van der Waals surface area contributed by atoms with Gasteiger partial charge >= 0.3 is 0 Å². The standard InChI is InChI=1S/C33H45N3O2S.C4H11N/c1-21-17-22(2)19-23(18-21)29-26(11-14-35-15-12-33(5,38-6)13-16-35)27-20-28(39-30(27)34-29)32(3,4)31(37)36-24-7-8-25(36)10-9-24;1-3-5-4-2/h17-20,24-25,34H,7-16H2,1-6H3;5H,3-4H2,1-2H3. The number of likely N-dealkylation sites (tertiary alicyclic amines) is 1. The molecule has 242 valence electrons. The highest BCUT2D eigenvalue weighted by atomic mass is 32.1. The Morgan fingerprint density at radius 1 is 1.02 bits per heavy atom. The van der Waals surface area contributed by atoms with E-state index in [0.717, 1.165) is 52.0 Å². The molecule has 6 rings (SSSR count). The Morgan fingerprint density at radius 2 is 1.61 bits per heavy atom. The van der Waals surface area contributed by atoms with Crippen molar-refractivity contribution >= 4 is 27.5 Å². The SMILES string of the molecule is CCNCC.COC1(C)CCN(CCc2c(-c3cc(C)cc(C)c3)[nH]c3sc(C(C)(C)C(=O)N4C5CCC4CC5)cc23)CC1. The van der Waals surface area contributed by atoms with Crippen molar-refractivity contribution in [3.05, 3.63) is 45.8 Å². The summed E-state index contributed by atoms with van der Waals surface area (Å²) in [5, 5.41) is 4.41. The highest BCUT2D eigenvalue weighted by Crippen LogP contribution is 2.44. The molecule has 0 unspecified atom stereocenters. The van der Waals surface area contributed by atoms with Crippen LogP contribution >= 0.6 is 11.3 Å². The van der Waals surface area contributed by atoms with Crippen LogP contribution in [-0.4, -0.2) is 78.2 Å². The van der Waals surface area contributed by atoms with Crippen molar-refractivity contribution in [2.45, 2.75) is 117 Å². The number of carbonyl (C=O) groups excluding carboxylic acids is 1. The van der Waals surface area contributed by atoms with Crippen LogP contribution in [0.4, 0.5) is 0 Å². The number of aromatic amines is 1. The summed E-state index contributed by atoms with van der Waals surface area (Å²) in [5.41, 5.74) is 5.98. The van der Waals surface area contributed by atoms with Crippen LogP contribution < -0.4 is 5.32 Å². The molecule has 0 radical (unpaired) electrons. The maximum atomic E-state index is 13.9. The predicted molar refractivity (Wildman–Crippen MR) is 186 cm³/mol. The fourth-order valence-corrected chi connectivity index (χ4v) is 8.80. The molecule has 0 saturated carbocycles. The van der Waals surface area contributed by atoms with E-state index in [1.165, 1.54) is 68.7 Å². The first-order chi connectivity index (χ1) is 21.0. The lowest BCUT2D eigenvalue weighted by Gasteiger charge is -2.38. The number of thiophene rings is 1. The van der Waals surface area contributed by atoms with Gasteiger partial charge in [0.15, 0.2) is 0 Å². The van der Waals surface area contributed by atoms with E-state index >= 15 is 0 Å². The molecule has 3 aromatic rings. The molecular weight excluding hydrogens is 565 g/mol. The summed E-state index contributed by atoms with van der Waals surface area (Å²) >= 11 is 1.78. The largest absolute Gasteiger partial charge is 0.378 e. The number of aromatic nitrogens is 1. The van der Waals surface area contributed by atoms with Gasteiger partial charge in [0.25, 0.3) is 0 Å². The molecule has 1 aromatic carbocycles. The van der Waals surface area contributed by atoms with E-state index in [4.69, 9.17) is 4.74 Å². The molecule has 3 saturated heterocycles. The normalized spacial score (nSPS) is 21.6. The van der Waals surface area contributed by atoms with E-state index < -0.39 is 5.41 Å². The van der Waals surface area contributed by atoms with Crippen molar-refractivity contribution in [1.82, 2.24) is 20.1 Å². The Bertz CT molecular complexity index is 1390. The van der Waals surface area contributed by atoms with Crippen LogP contribution in [-0.2, 0) is 21.4 Å². The number of methoxy groups -OCH3 is 1. The first kappa shape index (κ1) is 33.2. The highest BCUT2D eigenvalue weighted by molar-refractivity contribution is 7.19. The summed E-state index contributed by atoms with van der Waals surface area (Å²) in [6, 6.07) is 10.1. The molecule has 0 atom stereocenters. The lowest BCUT2D eigenvalue weighted by molar-refractivity contribution is -0.137. The molecule has 2 bridgehead atoms. The number of benzene rings is 1. The van der Waals surface area contributed by atoms with Crippen LogP contribution in [0.3, 0.4) is 0 Å². The second-order valence-corrected chi connectivity index (χ2v) is 15.3. The number of hydrogen-bond donors (Lipinski definition) is 2. The second-order valence-electron chi connectivity index (χ2n) is 14.2. The molecule has 1 amide bonds. The number of carbonyl (C=O) groups is 1. The van der Waals surface area contributed by atoms with Crippen molar-refractivity contribution in [3.8, 4) is 11.3 Å². The maximum absolute atomic E-state index is 13.9. The third-order valence-electron chi connectivity index (χ3n) is 10.5. The number of nitrogens with zero attached hydrogens (tertiary/aromatic N) is 2. The van der Waals surface area contributed by atoms with Crippen molar-refractivity contribution < 1.29 is 9.53 Å². The third kappa shape index (κ3) is 6.81. The Balaban J connectivity index is 0.000000712. The number of piperidine rings is 1. The molecule has 2 N–H and O–H groups in total. The molecule has 2 aromatic heterocycles. The van der Waals surface area contributed by atoms with Crippen molar-refractivity contribution in [1.29, 1.82) is 0 Å². The molecule has 3 aliphatic heterocycles. The van der Waals surface area contributed by atoms with E-state index in [9.17, 15) is 4.79 Å². The number of hydrogen-bond acceptors (Lipinski definition) is 5. The van der Waals surface area contributed by atoms with Gasteiger partial charge in [-0.2, -0.15) is 0 Å². The number of fused-ring (bicyclic) bond motifs is 3. The molecule has 5 heterocycles. The molecule has 0 aliphatic carbocycles. The summed E-state index contributed by atoms with van der Waals surface area (Å²) < 4.78 is 5.78. The minimum Gasteiger partial charge on any atom is -0.378 e. The lowest BCUT2D eigenvalue weighted by Crippen LogP contribution is -2.45. The fourth-order valence-electron chi connectivity index (χ4n) is 7.61. The van der Waals surface area contributed by atoms with Crippen molar-refractivity contribution in [2.75, 3.05) is 39.8 Å². The van der Waals surface area contributed by atoms with Gasteiger partial charge in [0.2, 0.25) is 5.91 Å². The first-order valence-corrected chi connectivity index (χ1v) is 17.9. The van der Waals surface area contributed by atoms with Crippen molar-refractivity contribution in [3.63, 3.8) is 0 Å². The van der Waals surface area contributed by atoms with Crippen LogP contribution in [0.15, 0.2) is 24.3 Å². The molecule has 3 fully saturated rings. The fraction of sp³-hybridized carbons (Fsp3) is 0.649. The van der Waals surface area contributed by atoms with Gasteiger partial charge in [-0.25, -0.2) is 0 Å². The van der Waals surface area contributed by atoms with Gasteiger partial charge in [-0.05, 0) is 122 Å². The number of H-pyrrole nitrogens is 1. The Hall–Kier alpha value is -2.19. The summed E-state index contributed by atoms with van der Waals surface area (Å²) in [6.45, 7) is 20.5. The van der Waals surface area contributed by atoms with Gasteiger partial charge in [0, 0.05) is 49.1 Å². The number of nitrogens with one attached hydrogen (secondary N) is 2. The maximum Gasteiger partial charge on any atom is 0.233 e. The lowest BCUT2D eigenvalue weighted by atomic mass is 9.88. The number of amides is 1. The minimum atomic E-state index is -0.509. The minimum absolute atomic E-state index is 0.0112. The van der Waals surface area contributed by atoms with Crippen molar-refractivity contribution in [2.24, 2.45) is 0 Å². The van der Waals surface area contributed by atoms with Gasteiger partial charge < -0.3 is 24.8 Å². The van der Waals surface area contributed by atoms with E-state index in [-0.39, 0.29) is 5.60 Å². The van der Waals surface area contributed by atoms with Crippen LogP contribution in [0.25, 0.3) is 21.5 Å². The second kappa shape index (κ2) is 13.7. The number of ether oxygens (including phenoxy) is 1. The van der Waals surface area contributed by atoms with Gasteiger partial charge in [-0.1, -0.05) is 31.0 Å². The third-order valence-corrected chi connectivity index (χ3v) is 11.9. The molecule has 6 nitrogen and oxygen atoms in total. The van der Waals surface area contributed by atoms with Gasteiger partial charge in [0.05, 0.1) is 16.7 Å². The van der Waals surface area contributed by atoms with Crippen LogP contribution in [0.2, 0.25) is 0 Å². The molecule has 0 spiro atoms. The first-order valence-electron chi connectivity index (χ1n) is 17.0. The molecular formula is C37H56N4O2S.